The molecule has 0 bridgehead atoms. The molecule has 0 fully saturated rings. The van der Waals surface area contributed by atoms with Crippen molar-refractivity contribution < 1.29 is 4.42 Å². The number of fused-ring (bicyclic) bond motifs is 9. The first kappa shape index (κ1) is 79.1. The molecule has 0 aliphatic carbocycles. The second-order valence-corrected chi connectivity index (χ2v) is 37.4. The molecule has 0 saturated carbocycles. The number of rotatable bonds is 15. The fourth-order valence-electron chi connectivity index (χ4n) is 21.1. The van der Waals surface area contributed by atoms with Gasteiger partial charge < -0.3 is 23.4 Å². The van der Waals surface area contributed by atoms with Crippen LogP contribution < -0.4 is 26.2 Å². The lowest BCUT2D eigenvalue weighted by atomic mass is 9.33. The van der Waals surface area contributed by atoms with Crippen molar-refractivity contribution in [3.63, 3.8) is 0 Å². The van der Waals surface area contributed by atoms with Gasteiger partial charge in [0.2, 0.25) is 0 Å². The van der Waals surface area contributed by atoms with E-state index in [2.05, 4.69) is 515 Å². The molecule has 0 radical (unpaired) electrons. The van der Waals surface area contributed by atoms with Crippen LogP contribution in [-0.2, 0) is 10.8 Å². The SMILES string of the molecule is CC(C)(C)c1cc(-c2ccccc2)c(N2c3cc(-n4c(-c5ccccc5)c5ccccc5c4-c4ccccc4)ccc3B3c4ccc(-n5c(-c6ccccc6)c6ccccc6c5-c5ccccc5)cc4N(c4c(-c5ccccc5)cc(C(C)(C)C)cc4-c4cccc(-c5ccccc5)c4)c4cc(-c5ccc6oc7ccccc7c6c5)cc2c43)c(-c2cccc(-c3ccccc3)c2)c1. The van der Waals surface area contributed by atoms with Crippen molar-refractivity contribution in [3.8, 4) is 134 Å². The van der Waals surface area contributed by atoms with Crippen LogP contribution in [0.25, 0.3) is 178 Å². The molecule has 5 heterocycles. The van der Waals surface area contributed by atoms with Gasteiger partial charge in [-0.3, -0.25) is 0 Å². The van der Waals surface area contributed by atoms with E-state index in [1.54, 1.807) is 0 Å². The molecule has 0 atom stereocenters. The topological polar surface area (TPSA) is 29.5 Å². The second-order valence-electron chi connectivity index (χ2n) is 37.4. The van der Waals surface area contributed by atoms with Crippen molar-refractivity contribution in [1.82, 2.24) is 9.13 Å². The summed E-state index contributed by atoms with van der Waals surface area (Å²) in [5.41, 5.74) is 39.7. The Morgan fingerprint density at radius 1 is 0.205 bits per heavy atom. The minimum atomic E-state index is -0.417. The summed E-state index contributed by atoms with van der Waals surface area (Å²) in [7, 11) is 0. The summed E-state index contributed by atoms with van der Waals surface area (Å²) in [5.74, 6) is 0. The summed E-state index contributed by atoms with van der Waals surface area (Å²) >= 11 is 0. The maximum absolute atomic E-state index is 6.85. The van der Waals surface area contributed by atoms with Crippen molar-refractivity contribution in [3.05, 3.63) is 466 Å². The van der Waals surface area contributed by atoms with Crippen LogP contribution >= 0.6 is 0 Å². The van der Waals surface area contributed by atoms with Crippen molar-refractivity contribution in [1.29, 1.82) is 0 Å². The van der Waals surface area contributed by atoms with Crippen LogP contribution in [0.3, 0.4) is 0 Å². The van der Waals surface area contributed by atoms with Gasteiger partial charge in [0.1, 0.15) is 11.2 Å². The molecule has 0 unspecified atom stereocenters. The number of para-hydroxylation sites is 1. The highest BCUT2D eigenvalue weighted by atomic mass is 16.3. The van der Waals surface area contributed by atoms with Gasteiger partial charge in [0.05, 0.1) is 34.2 Å². The first-order chi connectivity index (χ1) is 64.8. The molecule has 24 rings (SSSR count). The number of hydrogen-bond acceptors (Lipinski definition) is 3. The third kappa shape index (κ3) is 13.5. The Morgan fingerprint density at radius 2 is 0.500 bits per heavy atom. The minimum absolute atomic E-state index is 0.309. The van der Waals surface area contributed by atoms with Crippen LogP contribution in [0.2, 0.25) is 0 Å². The highest BCUT2D eigenvalue weighted by Gasteiger charge is 2.47. The van der Waals surface area contributed by atoms with Gasteiger partial charge in [-0.1, -0.05) is 406 Å². The van der Waals surface area contributed by atoms with Gasteiger partial charge in [-0.05, 0) is 207 Å². The van der Waals surface area contributed by atoms with Crippen LogP contribution in [0, 0.1) is 0 Å². The van der Waals surface area contributed by atoms with Gasteiger partial charge in [-0.2, -0.15) is 0 Å². The van der Waals surface area contributed by atoms with Gasteiger partial charge in [0.15, 0.2) is 0 Å². The molecule has 132 heavy (non-hydrogen) atoms. The molecule has 6 heteroatoms. The van der Waals surface area contributed by atoms with Crippen molar-refractivity contribution in [2.24, 2.45) is 0 Å². The first-order valence-electron chi connectivity index (χ1n) is 46.0. The Morgan fingerprint density at radius 3 is 0.864 bits per heavy atom. The molecule has 2 aliphatic rings. The van der Waals surface area contributed by atoms with E-state index in [9.17, 15) is 0 Å². The van der Waals surface area contributed by atoms with Gasteiger partial charge in [-0.25, -0.2) is 0 Å². The Labute approximate surface area is 771 Å². The van der Waals surface area contributed by atoms with Crippen LogP contribution in [0.4, 0.5) is 34.1 Å². The zero-order valence-corrected chi connectivity index (χ0v) is 74.6. The smallest absolute Gasteiger partial charge is 0.252 e. The zero-order valence-electron chi connectivity index (χ0n) is 74.6. The predicted octanol–water partition coefficient (Wildman–Crippen LogP) is 32.5. The molecule has 2 aliphatic heterocycles. The molecule has 3 aromatic heterocycles. The van der Waals surface area contributed by atoms with Gasteiger partial charge in [0, 0.05) is 88.7 Å². The molecule has 626 valence electrons. The van der Waals surface area contributed by atoms with Gasteiger partial charge in [0.25, 0.3) is 6.71 Å². The predicted molar refractivity (Wildman–Crippen MR) is 559 cm³/mol. The number of hydrogen-bond donors (Lipinski definition) is 0. The van der Waals surface area contributed by atoms with Crippen LogP contribution in [0.15, 0.2) is 459 Å². The van der Waals surface area contributed by atoms with Crippen LogP contribution in [-0.4, -0.2) is 15.8 Å². The van der Waals surface area contributed by atoms with E-state index in [-0.39, 0.29) is 10.8 Å². The van der Waals surface area contributed by atoms with Crippen molar-refractivity contribution in [2.45, 2.75) is 52.4 Å². The lowest BCUT2D eigenvalue weighted by molar-refractivity contribution is 0.590. The number of nitrogens with zero attached hydrogens (tertiary/aromatic N) is 4. The summed E-state index contributed by atoms with van der Waals surface area (Å²) in [4.78, 5) is 5.51. The van der Waals surface area contributed by atoms with E-state index in [4.69, 9.17) is 4.42 Å². The van der Waals surface area contributed by atoms with E-state index >= 15 is 0 Å². The summed E-state index contributed by atoms with van der Waals surface area (Å²) in [6.07, 6.45) is 0. The Bertz CT molecular complexity index is 7670. The Kier molecular flexibility index (Phi) is 19.1. The molecule has 0 spiro atoms. The highest BCUT2D eigenvalue weighted by Crippen LogP contribution is 2.58. The summed E-state index contributed by atoms with van der Waals surface area (Å²) in [6, 6.07) is 171. The minimum Gasteiger partial charge on any atom is -0.456 e. The highest BCUT2D eigenvalue weighted by molar-refractivity contribution is 7.00. The molecule has 0 saturated heterocycles. The Balaban J connectivity index is 0.912. The fourth-order valence-corrected chi connectivity index (χ4v) is 21.1. The van der Waals surface area contributed by atoms with E-state index in [0.29, 0.717) is 0 Å². The third-order valence-electron chi connectivity index (χ3n) is 27.4. The summed E-state index contributed by atoms with van der Waals surface area (Å²) in [5, 5.41) is 6.77. The largest absolute Gasteiger partial charge is 0.456 e. The molecular formula is C126H93BN4O. The number of aromatic nitrogens is 2. The van der Waals surface area contributed by atoms with Crippen molar-refractivity contribution in [2.75, 3.05) is 9.80 Å². The number of benzene rings is 19. The summed E-state index contributed by atoms with van der Waals surface area (Å²) in [6.45, 7) is 13.8. The molecular weight excluding hydrogens is 1600 g/mol. The van der Waals surface area contributed by atoms with E-state index in [1.807, 2.05) is 0 Å². The normalized spacial score (nSPS) is 12.4. The average molecular weight is 1690 g/mol. The van der Waals surface area contributed by atoms with Crippen LogP contribution in [0.5, 0.6) is 0 Å². The van der Waals surface area contributed by atoms with E-state index in [1.165, 1.54) is 38.1 Å². The lowest BCUT2D eigenvalue weighted by Crippen LogP contribution is -2.61. The number of anilines is 6. The standard InChI is InChI=1S/C126H93BN4O/c1-125(2,3)96-76-105(84-43-19-9-20-44-84)123(107(78-96)93-57-37-55-90(71-93)82-39-15-7-16-40-82)130-112-80-98(128-119(86-47-23-11-24-48-86)101-60-31-32-61-102(101)120(128)87-49-25-12-26-50-87)66-68-110(112)127-111-69-67-99(129-121(88-51-27-13-28-52-88)103-62-33-34-63-104(103)122(129)89-53-29-14-30-54-89)81-113(111)131(115-75-95(74-114(130)118(115)127)92-65-70-117-109(73-92)100-59-35-36-64-116(100)132-117)124-106(85-45-21-10-22-46-85)77-97(126(4,5)6)79-108(124)94-58-38-56-91(72-94)83-41-17-8-18-42-83/h7-81H,1-6H3. The quantitative estimate of drug-likeness (QED) is 0.0958. The molecule has 19 aromatic carbocycles. The first-order valence-corrected chi connectivity index (χ1v) is 46.0. The van der Waals surface area contributed by atoms with E-state index in [0.717, 1.165) is 201 Å². The maximum atomic E-state index is 6.85. The Hall–Kier alpha value is -16.3. The van der Waals surface area contributed by atoms with Gasteiger partial charge in [-0.15, -0.1) is 0 Å². The second kappa shape index (κ2) is 31.9. The van der Waals surface area contributed by atoms with Crippen molar-refractivity contribution >= 4 is 101 Å². The van der Waals surface area contributed by atoms with Crippen LogP contribution in [0.1, 0.15) is 52.7 Å². The molecule has 0 amide bonds. The average Bonchev–Trinajstić information content (AvgIpc) is 0.775. The monoisotopic (exact) mass is 1690 g/mol. The molecule has 0 N–H and O–H groups in total. The van der Waals surface area contributed by atoms with Gasteiger partial charge >= 0.3 is 0 Å². The number of furan rings is 1. The zero-order chi connectivity index (χ0) is 88.5. The summed E-state index contributed by atoms with van der Waals surface area (Å²) < 4.78 is 12.0. The lowest BCUT2D eigenvalue weighted by Gasteiger charge is -2.46. The molecule has 5 nitrogen and oxygen atoms in total. The fraction of sp³-hybridized carbons (Fsp3) is 0.0635. The molecule has 22 aromatic rings. The van der Waals surface area contributed by atoms with E-state index < -0.39 is 6.71 Å². The third-order valence-corrected chi connectivity index (χ3v) is 27.4. The maximum Gasteiger partial charge on any atom is 0.252 e.